The van der Waals surface area contributed by atoms with E-state index >= 15 is 0 Å². The molecule has 0 atom stereocenters. The molecule has 37 heavy (non-hydrogen) atoms. The maximum absolute atomic E-state index is 14.8. The average molecular weight is 500 g/mol. The van der Waals surface area contributed by atoms with Crippen molar-refractivity contribution in [3.05, 3.63) is 90.1 Å². The largest absolute Gasteiger partial charge is 0.497 e. The molecule has 2 aromatic heterocycles. The molecule has 0 saturated carbocycles. The van der Waals surface area contributed by atoms with Gasteiger partial charge < -0.3 is 14.8 Å². The Labute approximate surface area is 211 Å². The monoisotopic (exact) mass is 499 g/mol. The van der Waals surface area contributed by atoms with E-state index in [0.717, 1.165) is 5.69 Å². The molecule has 2 heterocycles. The molecule has 0 saturated heterocycles. The summed E-state index contributed by atoms with van der Waals surface area (Å²) >= 11 is 0. The molecule has 5 aromatic rings. The Morgan fingerprint density at radius 2 is 1.78 bits per heavy atom. The molecule has 3 aromatic carbocycles. The summed E-state index contributed by atoms with van der Waals surface area (Å²) in [4.78, 5) is 13.6. The van der Waals surface area contributed by atoms with Crippen molar-refractivity contribution in [1.82, 2.24) is 30.0 Å². The van der Waals surface area contributed by atoms with Gasteiger partial charge in [0.25, 0.3) is 5.91 Å². The number of methoxy groups -OCH3 is 2. The van der Waals surface area contributed by atoms with Gasteiger partial charge in [0, 0.05) is 11.8 Å². The molecule has 10 nitrogen and oxygen atoms in total. The first-order valence-corrected chi connectivity index (χ1v) is 11.2. The zero-order chi connectivity index (χ0) is 25.9. The summed E-state index contributed by atoms with van der Waals surface area (Å²) in [6.45, 7) is 1.72. The number of anilines is 1. The second kappa shape index (κ2) is 9.90. The number of carbonyl (C=O) groups is 1. The third kappa shape index (κ3) is 4.61. The average Bonchev–Trinajstić information content (AvgIpc) is 3.57. The molecule has 5 rings (SSSR count). The Balaban J connectivity index is 1.59. The zero-order valence-corrected chi connectivity index (χ0v) is 20.2. The molecule has 0 unspecified atom stereocenters. The van der Waals surface area contributed by atoms with Crippen LogP contribution in [0, 0.1) is 12.7 Å². The van der Waals surface area contributed by atoms with Gasteiger partial charge in [0.15, 0.2) is 5.82 Å². The second-order valence-corrected chi connectivity index (χ2v) is 7.99. The third-order valence-corrected chi connectivity index (χ3v) is 5.71. The van der Waals surface area contributed by atoms with Gasteiger partial charge in [-0.15, -0.1) is 5.10 Å². The summed E-state index contributed by atoms with van der Waals surface area (Å²) < 4.78 is 28.7. The van der Waals surface area contributed by atoms with Crippen LogP contribution in [-0.2, 0) is 0 Å². The first-order valence-electron chi connectivity index (χ1n) is 11.2. The lowest BCUT2D eigenvalue weighted by Crippen LogP contribution is -2.14. The molecule has 1 N–H and O–H groups in total. The number of benzene rings is 3. The van der Waals surface area contributed by atoms with Crippen molar-refractivity contribution in [1.29, 1.82) is 0 Å². The van der Waals surface area contributed by atoms with E-state index in [0.29, 0.717) is 34.3 Å². The maximum atomic E-state index is 14.8. The van der Waals surface area contributed by atoms with Crippen molar-refractivity contribution >= 4 is 11.6 Å². The van der Waals surface area contributed by atoms with Crippen LogP contribution in [0.2, 0.25) is 0 Å². The predicted molar refractivity (Wildman–Crippen MR) is 134 cm³/mol. The Bertz CT molecular complexity index is 1580. The number of ether oxygens (including phenoxy) is 2. The number of para-hydroxylation sites is 1. The van der Waals surface area contributed by atoms with Crippen LogP contribution in [0.1, 0.15) is 16.2 Å². The molecule has 0 bridgehead atoms. The van der Waals surface area contributed by atoms with E-state index in [4.69, 9.17) is 9.47 Å². The molecule has 0 fully saturated rings. The van der Waals surface area contributed by atoms with Crippen LogP contribution in [0.5, 0.6) is 11.5 Å². The summed E-state index contributed by atoms with van der Waals surface area (Å²) in [5.41, 5.74) is 2.29. The van der Waals surface area contributed by atoms with E-state index in [9.17, 15) is 9.18 Å². The number of aryl methyl sites for hydroxylation is 1. The number of halogens is 1. The van der Waals surface area contributed by atoms with Crippen molar-refractivity contribution in [3.63, 3.8) is 0 Å². The number of nitrogens with one attached hydrogen (secondary N) is 1. The highest BCUT2D eigenvalue weighted by atomic mass is 19.1. The number of rotatable bonds is 7. The van der Waals surface area contributed by atoms with Crippen molar-refractivity contribution in [2.45, 2.75) is 6.92 Å². The normalized spacial score (nSPS) is 10.8. The highest BCUT2D eigenvalue weighted by molar-refractivity contribution is 6.08. The highest BCUT2D eigenvalue weighted by Crippen LogP contribution is 2.35. The van der Waals surface area contributed by atoms with Crippen LogP contribution in [-0.4, -0.2) is 50.1 Å². The van der Waals surface area contributed by atoms with Crippen LogP contribution in [0.4, 0.5) is 10.1 Å². The lowest BCUT2D eigenvalue weighted by atomic mass is 10.1. The van der Waals surface area contributed by atoms with E-state index in [1.807, 2.05) is 30.3 Å². The first-order chi connectivity index (χ1) is 18.0. The van der Waals surface area contributed by atoms with Gasteiger partial charge in [0.05, 0.1) is 36.8 Å². The third-order valence-electron chi connectivity index (χ3n) is 5.71. The van der Waals surface area contributed by atoms with Gasteiger partial charge in [-0.25, -0.2) is 9.07 Å². The quantitative estimate of drug-likeness (QED) is 0.357. The SMILES string of the molecule is COc1ccc(OC)c(-c2nn(-c3ccccc3)cc2C(=O)Nc2cc(-n3nnnc3C)ccc2F)c1. The standard InChI is InChI=1S/C26H22FN7O3/c1-16-29-31-32-34(16)18-9-11-22(27)23(13-18)28-26(35)21-15-33(17-7-5-4-6-8-17)30-25(21)20-14-19(36-2)10-12-24(20)37-3/h4-15H,1-3H3,(H,28,35). The summed E-state index contributed by atoms with van der Waals surface area (Å²) in [7, 11) is 3.07. The van der Waals surface area contributed by atoms with E-state index in [-0.39, 0.29) is 11.3 Å². The van der Waals surface area contributed by atoms with Gasteiger partial charge in [0.2, 0.25) is 0 Å². The van der Waals surface area contributed by atoms with Crippen LogP contribution in [0.15, 0.2) is 72.9 Å². The lowest BCUT2D eigenvalue weighted by Gasteiger charge is -2.11. The minimum Gasteiger partial charge on any atom is -0.497 e. The molecule has 1 amide bonds. The number of aromatic nitrogens is 6. The smallest absolute Gasteiger partial charge is 0.259 e. The lowest BCUT2D eigenvalue weighted by molar-refractivity contribution is 0.102. The molecule has 0 aliphatic carbocycles. The maximum Gasteiger partial charge on any atom is 0.259 e. The Morgan fingerprint density at radius 3 is 2.49 bits per heavy atom. The first kappa shape index (κ1) is 23.7. The summed E-state index contributed by atoms with van der Waals surface area (Å²) in [6.07, 6.45) is 1.59. The van der Waals surface area contributed by atoms with Crippen molar-refractivity contribution < 1.29 is 18.7 Å². The molecule has 0 aliphatic heterocycles. The number of amides is 1. The zero-order valence-electron chi connectivity index (χ0n) is 20.2. The summed E-state index contributed by atoms with van der Waals surface area (Å²) in [6, 6.07) is 18.8. The fourth-order valence-corrected chi connectivity index (χ4v) is 3.85. The van der Waals surface area contributed by atoms with E-state index in [1.165, 1.54) is 30.0 Å². The van der Waals surface area contributed by atoms with Gasteiger partial charge in [-0.3, -0.25) is 4.79 Å². The number of nitrogens with zero attached hydrogens (tertiary/aromatic N) is 6. The summed E-state index contributed by atoms with van der Waals surface area (Å²) in [5, 5.41) is 18.7. The molecular formula is C26H22FN7O3. The highest BCUT2D eigenvalue weighted by Gasteiger charge is 2.23. The predicted octanol–water partition coefficient (Wildman–Crippen LogP) is 4.23. The Morgan fingerprint density at radius 1 is 0.973 bits per heavy atom. The molecule has 11 heteroatoms. The number of hydrogen-bond donors (Lipinski definition) is 1. The molecular weight excluding hydrogens is 477 g/mol. The van der Waals surface area contributed by atoms with Crippen molar-refractivity contribution in [3.8, 4) is 34.1 Å². The van der Waals surface area contributed by atoms with Gasteiger partial charge >= 0.3 is 0 Å². The van der Waals surface area contributed by atoms with Gasteiger partial charge in [-0.2, -0.15) is 9.78 Å². The molecule has 0 aliphatic rings. The van der Waals surface area contributed by atoms with Crippen LogP contribution >= 0.6 is 0 Å². The van der Waals surface area contributed by atoms with Gasteiger partial charge in [0.1, 0.15) is 23.0 Å². The molecule has 186 valence electrons. The van der Waals surface area contributed by atoms with Crippen molar-refractivity contribution in [2.24, 2.45) is 0 Å². The molecule has 0 spiro atoms. The number of hydrogen-bond acceptors (Lipinski definition) is 7. The van der Waals surface area contributed by atoms with Crippen LogP contribution < -0.4 is 14.8 Å². The summed E-state index contributed by atoms with van der Waals surface area (Å²) in [5.74, 6) is 0.397. The Kier molecular flexibility index (Phi) is 6.33. The van der Waals surface area contributed by atoms with Crippen molar-refractivity contribution in [2.75, 3.05) is 19.5 Å². The van der Waals surface area contributed by atoms with Crippen LogP contribution in [0.25, 0.3) is 22.6 Å². The van der Waals surface area contributed by atoms with Crippen LogP contribution in [0.3, 0.4) is 0 Å². The van der Waals surface area contributed by atoms with E-state index < -0.39 is 11.7 Å². The van der Waals surface area contributed by atoms with Gasteiger partial charge in [-0.05, 0) is 65.9 Å². The number of tetrazole rings is 1. The van der Waals surface area contributed by atoms with E-state index in [2.05, 4.69) is 25.9 Å². The van der Waals surface area contributed by atoms with E-state index in [1.54, 1.807) is 43.1 Å². The minimum absolute atomic E-state index is 0.0339. The fourth-order valence-electron chi connectivity index (χ4n) is 3.85. The fraction of sp³-hybridized carbons (Fsp3) is 0.115. The number of carbonyl (C=O) groups excluding carboxylic acids is 1. The second-order valence-electron chi connectivity index (χ2n) is 7.99. The minimum atomic E-state index is -0.612. The Hall–Kier alpha value is -5.06. The van der Waals surface area contributed by atoms with Gasteiger partial charge in [-0.1, -0.05) is 18.2 Å². The molecule has 0 radical (unpaired) electrons. The topological polar surface area (TPSA) is 109 Å².